The molecule has 1 atom stereocenters. The second-order valence-electron chi connectivity index (χ2n) is 7.20. The molecule has 2 rings (SSSR count). The number of likely N-dealkylation sites (tertiary alicyclic amines) is 1. The Hall–Kier alpha value is -2.09. The van der Waals surface area contributed by atoms with Crippen molar-refractivity contribution in [2.45, 2.75) is 39.7 Å². The number of esters is 1. The van der Waals surface area contributed by atoms with Gasteiger partial charge in [-0.05, 0) is 56.9 Å². The maximum absolute atomic E-state index is 13.0. The van der Waals surface area contributed by atoms with Gasteiger partial charge in [0.25, 0.3) is 0 Å². The maximum atomic E-state index is 13.0. The number of sulfonamides is 1. The average Bonchev–Trinajstić information content (AvgIpc) is 2.58. The van der Waals surface area contributed by atoms with Crippen molar-refractivity contribution in [3.63, 3.8) is 0 Å². The quantitative estimate of drug-likeness (QED) is 0.710. The summed E-state index contributed by atoms with van der Waals surface area (Å²) in [6.07, 6.45) is 2.15. The highest BCUT2D eigenvalue weighted by Crippen LogP contribution is 2.26. The van der Waals surface area contributed by atoms with E-state index < -0.39 is 16.1 Å². The first kappa shape index (κ1) is 21.2. The van der Waals surface area contributed by atoms with Gasteiger partial charge in [0.1, 0.15) is 6.04 Å². The van der Waals surface area contributed by atoms with E-state index in [0.29, 0.717) is 31.6 Å². The lowest BCUT2D eigenvalue weighted by Gasteiger charge is -2.36. The minimum absolute atomic E-state index is 0.209. The van der Waals surface area contributed by atoms with E-state index in [4.69, 9.17) is 4.74 Å². The molecule has 1 aliphatic rings. The first-order valence-corrected chi connectivity index (χ1v) is 10.8. The van der Waals surface area contributed by atoms with Gasteiger partial charge < -0.3 is 9.64 Å². The third-order valence-corrected chi connectivity index (χ3v) is 6.11. The van der Waals surface area contributed by atoms with Crippen molar-refractivity contribution >= 4 is 27.6 Å². The number of carbonyl (C=O) groups excluding carboxylic acids is 2. The van der Waals surface area contributed by atoms with Crippen LogP contribution < -0.4 is 4.31 Å². The molecule has 0 saturated carbocycles. The molecule has 0 bridgehead atoms. The number of hydrogen-bond acceptors (Lipinski definition) is 5. The van der Waals surface area contributed by atoms with Gasteiger partial charge in [0.2, 0.25) is 15.9 Å². The molecule has 1 fully saturated rings. The Balaban J connectivity index is 2.22. The highest BCUT2D eigenvalue weighted by molar-refractivity contribution is 7.92. The minimum Gasteiger partial charge on any atom is -0.469 e. The topological polar surface area (TPSA) is 84.0 Å². The van der Waals surface area contributed by atoms with Gasteiger partial charge in [-0.25, -0.2) is 8.42 Å². The van der Waals surface area contributed by atoms with Crippen LogP contribution in [0.25, 0.3) is 0 Å². The van der Waals surface area contributed by atoms with Crippen LogP contribution in [0.2, 0.25) is 0 Å². The number of piperidine rings is 1. The maximum Gasteiger partial charge on any atom is 0.308 e. The number of methoxy groups -OCH3 is 1. The number of ether oxygens (including phenoxy) is 1. The van der Waals surface area contributed by atoms with Crippen molar-refractivity contribution < 1.29 is 22.7 Å². The number of benzene rings is 1. The highest BCUT2D eigenvalue weighted by Gasteiger charge is 2.35. The van der Waals surface area contributed by atoms with Crippen LogP contribution in [0.3, 0.4) is 0 Å². The fourth-order valence-corrected chi connectivity index (χ4v) is 4.80. The van der Waals surface area contributed by atoms with Gasteiger partial charge in [0.05, 0.1) is 25.0 Å². The van der Waals surface area contributed by atoms with E-state index in [1.165, 1.54) is 11.4 Å². The summed E-state index contributed by atoms with van der Waals surface area (Å²) in [6, 6.07) is 4.62. The largest absolute Gasteiger partial charge is 0.469 e. The normalized spacial score (nSPS) is 16.7. The Bertz CT molecular complexity index is 793. The average molecular weight is 397 g/mol. The molecule has 0 spiro atoms. The van der Waals surface area contributed by atoms with E-state index in [0.717, 1.165) is 17.4 Å². The molecule has 1 aliphatic heterocycles. The van der Waals surface area contributed by atoms with Crippen LogP contribution in [0.15, 0.2) is 18.2 Å². The smallest absolute Gasteiger partial charge is 0.308 e. The van der Waals surface area contributed by atoms with Gasteiger partial charge in [-0.3, -0.25) is 13.9 Å². The predicted octanol–water partition coefficient (Wildman–Crippen LogP) is 1.87. The molecule has 0 aromatic heterocycles. The predicted molar refractivity (Wildman–Crippen MR) is 104 cm³/mol. The van der Waals surface area contributed by atoms with E-state index in [1.54, 1.807) is 24.0 Å². The Kier molecular flexibility index (Phi) is 6.51. The van der Waals surface area contributed by atoms with Gasteiger partial charge in [-0.2, -0.15) is 0 Å². The van der Waals surface area contributed by atoms with E-state index in [-0.39, 0.29) is 17.8 Å². The molecule has 7 nitrogen and oxygen atoms in total. The summed E-state index contributed by atoms with van der Waals surface area (Å²) in [6.45, 7) is 6.20. The summed E-state index contributed by atoms with van der Waals surface area (Å²) in [7, 11) is -2.29. The summed E-state index contributed by atoms with van der Waals surface area (Å²) < 4.78 is 30.9. The van der Waals surface area contributed by atoms with Crippen LogP contribution >= 0.6 is 0 Å². The molecule has 8 heteroatoms. The first-order chi connectivity index (χ1) is 12.5. The van der Waals surface area contributed by atoms with Crippen molar-refractivity contribution in [3.8, 4) is 0 Å². The molecule has 1 saturated heterocycles. The lowest BCUT2D eigenvalue weighted by Crippen LogP contribution is -2.51. The van der Waals surface area contributed by atoms with Crippen LogP contribution in [0.5, 0.6) is 0 Å². The van der Waals surface area contributed by atoms with Crippen LogP contribution in [0.1, 0.15) is 30.9 Å². The van der Waals surface area contributed by atoms with E-state index in [2.05, 4.69) is 0 Å². The second kappa shape index (κ2) is 8.29. The number of carbonyl (C=O) groups is 2. The first-order valence-electron chi connectivity index (χ1n) is 8.99. The van der Waals surface area contributed by atoms with E-state index in [9.17, 15) is 18.0 Å². The van der Waals surface area contributed by atoms with Gasteiger partial charge in [0.15, 0.2) is 0 Å². The summed E-state index contributed by atoms with van der Waals surface area (Å²) in [5.74, 6) is -0.731. The third kappa shape index (κ3) is 5.00. The van der Waals surface area contributed by atoms with Crippen LogP contribution in [0.4, 0.5) is 5.69 Å². The number of nitrogens with zero attached hydrogens (tertiary/aromatic N) is 2. The minimum atomic E-state index is -3.65. The number of aryl methyl sites for hydroxylation is 2. The van der Waals surface area contributed by atoms with Crippen LogP contribution in [-0.2, 0) is 24.3 Å². The number of amides is 1. The number of anilines is 1. The van der Waals surface area contributed by atoms with Gasteiger partial charge in [-0.1, -0.05) is 6.07 Å². The van der Waals surface area contributed by atoms with Crippen molar-refractivity contribution in [1.82, 2.24) is 4.90 Å². The van der Waals surface area contributed by atoms with Gasteiger partial charge in [0, 0.05) is 13.1 Å². The monoisotopic (exact) mass is 396 g/mol. The van der Waals surface area contributed by atoms with Crippen molar-refractivity contribution in [3.05, 3.63) is 29.3 Å². The molecule has 1 amide bonds. The molecule has 150 valence electrons. The zero-order chi connectivity index (χ0) is 20.4. The summed E-state index contributed by atoms with van der Waals surface area (Å²) >= 11 is 0. The van der Waals surface area contributed by atoms with Gasteiger partial charge >= 0.3 is 5.97 Å². The molecule has 1 unspecified atom stereocenters. The summed E-state index contributed by atoms with van der Waals surface area (Å²) in [4.78, 5) is 26.3. The summed E-state index contributed by atoms with van der Waals surface area (Å²) in [5.41, 5.74) is 2.34. The Morgan fingerprint density at radius 1 is 1.15 bits per heavy atom. The van der Waals surface area contributed by atoms with Crippen molar-refractivity contribution in [1.29, 1.82) is 0 Å². The van der Waals surface area contributed by atoms with E-state index in [1.807, 2.05) is 19.9 Å². The van der Waals surface area contributed by atoms with Gasteiger partial charge in [-0.15, -0.1) is 0 Å². The molecule has 0 radical (unpaired) electrons. The second-order valence-corrected chi connectivity index (χ2v) is 9.06. The number of hydrogen-bond donors (Lipinski definition) is 0. The zero-order valence-electron chi connectivity index (χ0n) is 16.6. The Morgan fingerprint density at radius 3 is 2.11 bits per heavy atom. The van der Waals surface area contributed by atoms with E-state index >= 15 is 0 Å². The molecule has 27 heavy (non-hydrogen) atoms. The fourth-order valence-electron chi connectivity index (χ4n) is 3.65. The fraction of sp³-hybridized carbons (Fsp3) is 0.579. The van der Waals surface area contributed by atoms with Crippen LogP contribution in [0, 0.1) is 19.8 Å². The third-order valence-electron chi connectivity index (χ3n) is 4.87. The number of rotatable bonds is 5. The zero-order valence-corrected chi connectivity index (χ0v) is 17.4. The Labute approximate surface area is 161 Å². The molecular weight excluding hydrogens is 368 g/mol. The summed E-state index contributed by atoms with van der Waals surface area (Å²) in [5, 5.41) is 0. The lowest BCUT2D eigenvalue weighted by molar-refractivity contribution is -0.149. The van der Waals surface area contributed by atoms with Crippen molar-refractivity contribution in [2.75, 3.05) is 30.8 Å². The molecule has 0 aliphatic carbocycles. The molecule has 1 aromatic carbocycles. The molecule has 1 aromatic rings. The SMILES string of the molecule is COC(=O)C1CCN(C(=O)C(C)N(c2cc(C)cc(C)c2)S(C)(=O)=O)CC1. The molecule has 0 N–H and O–H groups in total. The Morgan fingerprint density at radius 2 is 1.67 bits per heavy atom. The van der Waals surface area contributed by atoms with Crippen LogP contribution in [-0.4, -0.2) is 57.7 Å². The molecular formula is C19H28N2O5S. The molecule has 1 heterocycles. The lowest BCUT2D eigenvalue weighted by atomic mass is 9.96. The standard InChI is InChI=1S/C19H28N2O5S/c1-13-10-14(2)12-17(11-13)21(27(5,24)25)15(3)18(22)20-8-6-16(7-9-20)19(23)26-4/h10-12,15-16H,6-9H2,1-5H3. The highest BCUT2D eigenvalue weighted by atomic mass is 32.2. The van der Waals surface area contributed by atoms with Crippen molar-refractivity contribution in [2.24, 2.45) is 5.92 Å².